The Bertz CT molecular complexity index is 498. The Labute approximate surface area is 159 Å². The Morgan fingerprint density at radius 2 is 1.90 bits per heavy atom. The summed E-state index contributed by atoms with van der Waals surface area (Å²) in [6.45, 7) is 1.53. The van der Waals surface area contributed by atoms with Crippen LogP contribution >= 0.6 is 0 Å². The summed E-state index contributed by atoms with van der Waals surface area (Å²) in [5, 5.41) is 22.9. The van der Waals surface area contributed by atoms with E-state index in [1.165, 1.54) is 38.3 Å². The van der Waals surface area contributed by atoms with E-state index in [1.54, 1.807) is 0 Å². The summed E-state index contributed by atoms with van der Waals surface area (Å²) in [5.41, 5.74) is 0.726. The molecule has 0 saturated heterocycles. The van der Waals surface area contributed by atoms with Crippen LogP contribution in [0.15, 0.2) is 36.0 Å². The molecule has 1 aromatic rings. The van der Waals surface area contributed by atoms with Gasteiger partial charge in [-0.1, -0.05) is 12.1 Å². The smallest absolute Gasteiger partial charge is 0.548 e. The number of nitrogens with one attached hydrogen (secondary N) is 1. The van der Waals surface area contributed by atoms with E-state index < -0.39 is 18.0 Å². The van der Waals surface area contributed by atoms with Gasteiger partial charge in [-0.25, -0.2) is 4.79 Å². The van der Waals surface area contributed by atoms with Crippen LogP contribution in [-0.2, 0) is 14.3 Å². The number of methoxy groups -OCH3 is 1. The molecule has 0 spiro atoms. The second-order valence-corrected chi connectivity index (χ2v) is 3.84. The number of aliphatic carboxylic acids is 1. The van der Waals surface area contributed by atoms with Crippen LogP contribution in [0.1, 0.15) is 18.5 Å². The average molecular weight is 303 g/mol. The van der Waals surface area contributed by atoms with E-state index in [0.717, 1.165) is 6.08 Å². The number of phenols is 1. The number of carbonyl (C=O) groups excluding carboxylic acids is 2. The standard InChI is InChI=1S/C13H15NO5.K/c1-8(7-11(16)19-2)14-12(13(17)18)9-3-5-10(15)6-4-9;/h3-7,12,14-15H,1-2H3,(H,17,18);/q;+1/p-1/b8-7+;. The number of carboxylic acids is 1. The maximum Gasteiger partial charge on any atom is 1.00 e. The number of esters is 1. The van der Waals surface area contributed by atoms with E-state index >= 15 is 0 Å². The summed E-state index contributed by atoms with van der Waals surface area (Å²) in [5.74, 6) is -1.90. The molecule has 0 aliphatic rings. The van der Waals surface area contributed by atoms with E-state index in [0.29, 0.717) is 11.3 Å². The van der Waals surface area contributed by atoms with Gasteiger partial charge in [-0.2, -0.15) is 0 Å². The molecule has 1 atom stereocenters. The van der Waals surface area contributed by atoms with Crippen LogP contribution in [0, 0.1) is 0 Å². The molecule has 0 radical (unpaired) electrons. The molecule has 0 aromatic heterocycles. The van der Waals surface area contributed by atoms with E-state index in [1.807, 2.05) is 0 Å². The van der Waals surface area contributed by atoms with Crippen molar-refractivity contribution in [2.45, 2.75) is 13.0 Å². The fraction of sp³-hybridized carbons (Fsp3) is 0.231. The minimum absolute atomic E-state index is 0. The number of ether oxygens (including phenoxy) is 1. The quantitative estimate of drug-likeness (QED) is 0.339. The molecule has 7 heteroatoms. The van der Waals surface area contributed by atoms with Crippen molar-refractivity contribution in [1.82, 2.24) is 5.32 Å². The van der Waals surface area contributed by atoms with Gasteiger partial charge in [0.2, 0.25) is 0 Å². The molecule has 0 aliphatic heterocycles. The summed E-state index contributed by atoms with van der Waals surface area (Å²) in [6, 6.07) is 4.52. The van der Waals surface area contributed by atoms with Crippen LogP contribution in [0.4, 0.5) is 0 Å². The Hall–Kier alpha value is -0.864. The third-order valence-corrected chi connectivity index (χ3v) is 2.37. The van der Waals surface area contributed by atoms with Gasteiger partial charge in [0, 0.05) is 11.8 Å². The fourth-order valence-electron chi connectivity index (χ4n) is 1.45. The molecule has 102 valence electrons. The van der Waals surface area contributed by atoms with Gasteiger partial charge in [0.1, 0.15) is 5.75 Å². The summed E-state index contributed by atoms with van der Waals surface area (Å²) in [6.07, 6.45) is 1.14. The van der Waals surface area contributed by atoms with Crippen LogP contribution in [-0.4, -0.2) is 24.2 Å². The van der Waals surface area contributed by atoms with Crippen molar-refractivity contribution in [3.05, 3.63) is 41.6 Å². The largest absolute Gasteiger partial charge is 1.00 e. The van der Waals surface area contributed by atoms with Crippen molar-refractivity contribution in [2.24, 2.45) is 0 Å². The van der Waals surface area contributed by atoms with E-state index in [2.05, 4.69) is 10.1 Å². The van der Waals surface area contributed by atoms with Crippen LogP contribution in [0.3, 0.4) is 0 Å². The van der Waals surface area contributed by atoms with E-state index in [4.69, 9.17) is 5.11 Å². The number of carbonyl (C=O) groups is 2. The number of rotatable bonds is 5. The van der Waals surface area contributed by atoms with E-state index in [-0.39, 0.29) is 57.1 Å². The molecule has 0 aliphatic carbocycles. The zero-order valence-corrected chi connectivity index (χ0v) is 14.7. The summed E-state index contributed by atoms with van der Waals surface area (Å²) < 4.78 is 4.43. The minimum Gasteiger partial charge on any atom is -0.548 e. The van der Waals surface area contributed by atoms with Gasteiger partial charge in [0.05, 0.1) is 19.1 Å². The molecule has 0 fully saturated rings. The predicted octanol–water partition coefficient (Wildman–Crippen LogP) is -3.15. The van der Waals surface area contributed by atoms with Gasteiger partial charge in [0.15, 0.2) is 0 Å². The molecule has 2 N–H and O–H groups in total. The normalized spacial score (nSPS) is 12.0. The van der Waals surface area contributed by atoms with Crippen molar-refractivity contribution in [2.75, 3.05) is 7.11 Å². The summed E-state index contributed by atoms with van der Waals surface area (Å²) in [4.78, 5) is 22.1. The number of hydrogen-bond donors (Lipinski definition) is 2. The van der Waals surface area contributed by atoms with Crippen molar-refractivity contribution in [1.29, 1.82) is 0 Å². The van der Waals surface area contributed by atoms with Gasteiger partial charge < -0.3 is 25.1 Å². The number of aromatic hydroxyl groups is 1. The Morgan fingerprint density at radius 3 is 2.35 bits per heavy atom. The van der Waals surface area contributed by atoms with Crippen LogP contribution < -0.4 is 61.8 Å². The van der Waals surface area contributed by atoms with Gasteiger partial charge in [-0.05, 0) is 24.6 Å². The number of benzene rings is 1. The van der Waals surface area contributed by atoms with Crippen molar-refractivity contribution in [3.8, 4) is 5.75 Å². The Kier molecular flexibility index (Phi) is 8.75. The molecule has 1 unspecified atom stereocenters. The van der Waals surface area contributed by atoms with Crippen LogP contribution in [0.5, 0.6) is 5.75 Å². The third kappa shape index (κ3) is 6.06. The van der Waals surface area contributed by atoms with Crippen molar-refractivity contribution in [3.63, 3.8) is 0 Å². The Balaban J connectivity index is 0.00000361. The number of allylic oxidation sites excluding steroid dienone is 1. The second-order valence-electron chi connectivity index (χ2n) is 3.84. The van der Waals surface area contributed by atoms with Crippen LogP contribution in [0.25, 0.3) is 0 Å². The maximum atomic E-state index is 11.1. The summed E-state index contributed by atoms with van der Waals surface area (Å²) in [7, 11) is 1.22. The maximum absolute atomic E-state index is 11.1. The first-order chi connectivity index (χ1) is 8.93. The first kappa shape index (κ1) is 19.1. The number of carboxylic acid groups (broad SMARTS) is 1. The average Bonchev–Trinajstić information content (AvgIpc) is 2.36. The minimum atomic E-state index is -1.34. The van der Waals surface area contributed by atoms with Crippen LogP contribution in [0.2, 0.25) is 0 Å². The molecule has 1 rings (SSSR count). The summed E-state index contributed by atoms with van der Waals surface area (Å²) >= 11 is 0. The molecule has 0 amide bonds. The van der Waals surface area contributed by atoms with E-state index in [9.17, 15) is 14.7 Å². The molecular formula is C13H14KNO5. The Morgan fingerprint density at radius 1 is 1.35 bits per heavy atom. The molecular weight excluding hydrogens is 289 g/mol. The molecule has 20 heavy (non-hydrogen) atoms. The second kappa shape index (κ2) is 9.14. The molecule has 0 bridgehead atoms. The van der Waals surface area contributed by atoms with Gasteiger partial charge in [0.25, 0.3) is 0 Å². The first-order valence-electron chi connectivity index (χ1n) is 5.46. The predicted molar refractivity (Wildman–Crippen MR) is 64.8 cm³/mol. The molecule has 6 nitrogen and oxygen atoms in total. The van der Waals surface area contributed by atoms with Gasteiger partial charge in [-0.15, -0.1) is 0 Å². The first-order valence-corrected chi connectivity index (χ1v) is 5.46. The van der Waals surface area contributed by atoms with Gasteiger partial charge in [-0.3, -0.25) is 0 Å². The fourth-order valence-corrected chi connectivity index (χ4v) is 1.45. The number of hydrogen-bond acceptors (Lipinski definition) is 6. The molecule has 1 aromatic carbocycles. The third-order valence-electron chi connectivity index (χ3n) is 2.37. The van der Waals surface area contributed by atoms with Crippen molar-refractivity contribution >= 4 is 11.9 Å². The van der Waals surface area contributed by atoms with Gasteiger partial charge >= 0.3 is 57.4 Å². The SMILES string of the molecule is COC(=O)/C=C(\C)NC(C(=O)[O-])c1ccc(O)cc1.[K+]. The topological polar surface area (TPSA) is 98.7 Å². The molecule has 0 saturated carbocycles. The molecule has 0 heterocycles. The number of phenolic OH excluding ortho intramolecular Hbond substituents is 1. The van der Waals surface area contributed by atoms with Crippen molar-refractivity contribution < 1.29 is 75.9 Å². The zero-order chi connectivity index (χ0) is 14.4. The zero-order valence-electron chi connectivity index (χ0n) is 11.5. The monoisotopic (exact) mass is 303 g/mol.